The van der Waals surface area contributed by atoms with Crippen molar-refractivity contribution in [2.75, 3.05) is 18.0 Å². The topological polar surface area (TPSA) is 114 Å². The van der Waals surface area contributed by atoms with E-state index in [0.29, 0.717) is 18.0 Å². The summed E-state index contributed by atoms with van der Waals surface area (Å²) in [7, 11) is 0. The average Bonchev–Trinajstić information content (AvgIpc) is 3.48. The lowest BCUT2D eigenvalue weighted by molar-refractivity contribution is 0.0931. The second-order valence-electron chi connectivity index (χ2n) is 6.55. The zero-order valence-corrected chi connectivity index (χ0v) is 14.8. The van der Waals surface area contributed by atoms with Crippen molar-refractivity contribution in [3.05, 3.63) is 54.7 Å². The van der Waals surface area contributed by atoms with Gasteiger partial charge in [-0.3, -0.25) is 9.78 Å². The highest BCUT2D eigenvalue weighted by atomic mass is 16.5. The Labute approximate surface area is 159 Å². The van der Waals surface area contributed by atoms with Gasteiger partial charge in [0.25, 0.3) is 5.91 Å². The molecule has 5 heterocycles. The first-order chi connectivity index (χ1) is 13.8. The van der Waals surface area contributed by atoms with Crippen LogP contribution in [0.3, 0.4) is 0 Å². The lowest BCUT2D eigenvalue weighted by Gasteiger charge is -2.17. The number of fused-ring (bicyclic) bond motifs is 1. The first kappa shape index (κ1) is 16.4. The van der Waals surface area contributed by atoms with Crippen LogP contribution in [0.4, 0.5) is 5.82 Å². The van der Waals surface area contributed by atoms with E-state index in [1.807, 2.05) is 18.2 Å². The quantitative estimate of drug-likeness (QED) is 0.565. The van der Waals surface area contributed by atoms with Crippen LogP contribution >= 0.6 is 0 Å². The number of nitrogens with zero attached hydrogens (tertiary/aromatic N) is 7. The largest absolute Gasteiger partial charge is 0.355 e. The van der Waals surface area contributed by atoms with Gasteiger partial charge in [-0.15, -0.1) is 15.3 Å². The molecule has 0 aliphatic carbocycles. The minimum absolute atomic E-state index is 0.00412. The molecule has 1 aliphatic heterocycles. The van der Waals surface area contributed by atoms with Crippen LogP contribution in [0.2, 0.25) is 0 Å². The fraction of sp³-hybridized carbons (Fsp3) is 0.222. The van der Waals surface area contributed by atoms with Gasteiger partial charge in [-0.1, -0.05) is 5.16 Å². The Bertz CT molecular complexity index is 1120. The first-order valence-corrected chi connectivity index (χ1v) is 8.86. The molecule has 4 aromatic heterocycles. The smallest absolute Gasteiger partial charge is 0.273 e. The Morgan fingerprint density at radius 3 is 3.14 bits per heavy atom. The SMILES string of the molecule is O=C(N[C@H]1CCN(c2ccc3nncn3n2)C1)c1cc(-c2cccnc2)on1. The van der Waals surface area contributed by atoms with Crippen LogP contribution in [0.25, 0.3) is 17.0 Å². The van der Waals surface area contributed by atoms with E-state index in [9.17, 15) is 4.79 Å². The van der Waals surface area contributed by atoms with E-state index >= 15 is 0 Å². The van der Waals surface area contributed by atoms with Crippen molar-refractivity contribution in [1.82, 2.24) is 35.3 Å². The number of pyridine rings is 1. The second kappa shape index (κ2) is 6.72. The highest BCUT2D eigenvalue weighted by Crippen LogP contribution is 2.20. The van der Waals surface area contributed by atoms with Gasteiger partial charge in [0.05, 0.1) is 0 Å². The molecular weight excluding hydrogens is 360 g/mol. The first-order valence-electron chi connectivity index (χ1n) is 8.86. The van der Waals surface area contributed by atoms with Crippen LogP contribution < -0.4 is 10.2 Å². The number of hydrogen-bond donors (Lipinski definition) is 1. The number of nitrogens with one attached hydrogen (secondary N) is 1. The molecule has 0 aromatic carbocycles. The number of rotatable bonds is 4. The molecule has 10 heteroatoms. The van der Waals surface area contributed by atoms with Gasteiger partial charge in [0, 0.05) is 43.2 Å². The lowest BCUT2D eigenvalue weighted by Crippen LogP contribution is -2.37. The van der Waals surface area contributed by atoms with Crippen LogP contribution in [-0.2, 0) is 0 Å². The van der Waals surface area contributed by atoms with Crippen molar-refractivity contribution in [1.29, 1.82) is 0 Å². The summed E-state index contributed by atoms with van der Waals surface area (Å²) in [5.74, 6) is 1.08. The van der Waals surface area contributed by atoms with Crippen molar-refractivity contribution >= 4 is 17.4 Å². The van der Waals surface area contributed by atoms with E-state index in [2.05, 4.69) is 35.7 Å². The van der Waals surface area contributed by atoms with E-state index in [1.54, 1.807) is 35.4 Å². The van der Waals surface area contributed by atoms with Gasteiger partial charge in [-0.05, 0) is 30.7 Å². The van der Waals surface area contributed by atoms with Crippen LogP contribution in [0.5, 0.6) is 0 Å². The monoisotopic (exact) mass is 376 g/mol. The summed E-state index contributed by atoms with van der Waals surface area (Å²) in [6.45, 7) is 1.46. The molecular formula is C18H16N8O2. The molecule has 28 heavy (non-hydrogen) atoms. The molecule has 0 bridgehead atoms. The van der Waals surface area contributed by atoms with Crippen molar-refractivity contribution < 1.29 is 9.32 Å². The van der Waals surface area contributed by atoms with Gasteiger partial charge in [-0.2, -0.15) is 4.52 Å². The predicted octanol–water partition coefficient (Wildman–Crippen LogP) is 1.18. The van der Waals surface area contributed by atoms with Gasteiger partial charge >= 0.3 is 0 Å². The highest BCUT2D eigenvalue weighted by molar-refractivity contribution is 5.93. The minimum atomic E-state index is -0.257. The van der Waals surface area contributed by atoms with Crippen molar-refractivity contribution in [2.45, 2.75) is 12.5 Å². The Hall–Kier alpha value is -3.82. The summed E-state index contributed by atoms with van der Waals surface area (Å²) >= 11 is 0. The second-order valence-corrected chi connectivity index (χ2v) is 6.55. The van der Waals surface area contributed by atoms with Gasteiger partial charge in [0.1, 0.15) is 12.1 Å². The van der Waals surface area contributed by atoms with Gasteiger partial charge < -0.3 is 14.7 Å². The molecule has 0 saturated carbocycles. The summed E-state index contributed by atoms with van der Waals surface area (Å²) in [4.78, 5) is 18.7. The Morgan fingerprint density at radius 1 is 1.29 bits per heavy atom. The van der Waals surface area contributed by atoms with E-state index in [0.717, 1.165) is 24.3 Å². The highest BCUT2D eigenvalue weighted by Gasteiger charge is 2.26. The van der Waals surface area contributed by atoms with Gasteiger partial charge in [0.2, 0.25) is 0 Å². The summed E-state index contributed by atoms with van der Waals surface area (Å²) in [6.07, 6.45) is 5.73. The number of hydrogen-bond acceptors (Lipinski definition) is 8. The summed E-state index contributed by atoms with van der Waals surface area (Å²) in [5.41, 5.74) is 1.72. The fourth-order valence-electron chi connectivity index (χ4n) is 3.26. The zero-order chi connectivity index (χ0) is 18.9. The van der Waals surface area contributed by atoms with Crippen LogP contribution in [0.15, 0.2) is 53.6 Å². The maximum absolute atomic E-state index is 12.5. The summed E-state index contributed by atoms with van der Waals surface area (Å²) in [6, 6.07) is 9.06. The molecule has 0 radical (unpaired) electrons. The number of carbonyl (C=O) groups excluding carboxylic acids is 1. The molecule has 1 N–H and O–H groups in total. The zero-order valence-electron chi connectivity index (χ0n) is 14.8. The third-order valence-electron chi connectivity index (χ3n) is 4.68. The molecule has 1 saturated heterocycles. The van der Waals surface area contributed by atoms with E-state index < -0.39 is 0 Å². The maximum atomic E-state index is 12.5. The normalized spacial score (nSPS) is 16.6. The molecule has 5 rings (SSSR count). The van der Waals surface area contributed by atoms with Crippen molar-refractivity contribution in [2.24, 2.45) is 0 Å². The number of anilines is 1. The van der Waals surface area contributed by atoms with E-state index in [1.165, 1.54) is 0 Å². The molecule has 140 valence electrons. The summed E-state index contributed by atoms with van der Waals surface area (Å²) < 4.78 is 6.91. The van der Waals surface area contributed by atoms with Crippen molar-refractivity contribution in [3.63, 3.8) is 0 Å². The van der Waals surface area contributed by atoms with Crippen LogP contribution in [-0.4, -0.2) is 55.0 Å². The molecule has 4 aromatic rings. The molecule has 10 nitrogen and oxygen atoms in total. The average molecular weight is 376 g/mol. The number of aromatic nitrogens is 6. The van der Waals surface area contributed by atoms with Crippen LogP contribution in [0, 0.1) is 0 Å². The predicted molar refractivity (Wildman–Crippen MR) is 98.6 cm³/mol. The molecule has 1 fully saturated rings. The van der Waals surface area contributed by atoms with E-state index in [4.69, 9.17) is 4.52 Å². The molecule has 1 aliphatic rings. The maximum Gasteiger partial charge on any atom is 0.273 e. The van der Waals surface area contributed by atoms with E-state index in [-0.39, 0.29) is 17.6 Å². The number of carbonyl (C=O) groups is 1. The molecule has 0 spiro atoms. The third kappa shape index (κ3) is 3.04. The van der Waals surface area contributed by atoms with Crippen molar-refractivity contribution in [3.8, 4) is 11.3 Å². The molecule has 1 atom stereocenters. The number of amides is 1. The lowest BCUT2D eigenvalue weighted by atomic mass is 10.2. The molecule has 1 amide bonds. The Morgan fingerprint density at radius 2 is 2.25 bits per heavy atom. The van der Waals surface area contributed by atoms with Gasteiger partial charge in [-0.25, -0.2) is 0 Å². The Balaban J connectivity index is 1.24. The molecule has 0 unspecified atom stereocenters. The fourth-order valence-corrected chi connectivity index (χ4v) is 3.26. The minimum Gasteiger partial charge on any atom is -0.355 e. The summed E-state index contributed by atoms with van der Waals surface area (Å²) in [5, 5.41) is 19.2. The van der Waals surface area contributed by atoms with Crippen LogP contribution in [0.1, 0.15) is 16.9 Å². The van der Waals surface area contributed by atoms with Gasteiger partial charge in [0.15, 0.2) is 17.1 Å². The third-order valence-corrected chi connectivity index (χ3v) is 4.68. The Kier molecular flexibility index (Phi) is 3.93. The standard InChI is InChI=1S/C18H16N8O2/c27-18(14-8-15(28-24-14)12-2-1-6-19-9-12)21-13-5-7-25(10-13)17-4-3-16-22-20-11-26(16)23-17/h1-4,6,8-9,11,13H,5,7,10H2,(H,21,27)/t13-/m0/s1.